The normalized spacial score (nSPS) is 15.7. The van der Waals surface area contributed by atoms with E-state index in [9.17, 15) is 14.4 Å². The zero-order valence-electron chi connectivity index (χ0n) is 16.1. The number of rotatable bonds is 5. The Morgan fingerprint density at radius 2 is 1.79 bits per heavy atom. The van der Waals surface area contributed by atoms with Crippen LogP contribution in [0.5, 0.6) is 11.5 Å². The van der Waals surface area contributed by atoms with Crippen LogP contribution in [-0.2, 0) is 9.59 Å². The molecule has 1 N–H and O–H groups in total. The van der Waals surface area contributed by atoms with Gasteiger partial charge in [0, 0.05) is 0 Å². The van der Waals surface area contributed by atoms with E-state index in [1.807, 2.05) is 13.8 Å². The van der Waals surface area contributed by atoms with Gasteiger partial charge >= 0.3 is 6.03 Å². The lowest BCUT2D eigenvalue weighted by Gasteiger charge is -2.26. The van der Waals surface area contributed by atoms with Crippen LogP contribution >= 0.6 is 22.6 Å². The summed E-state index contributed by atoms with van der Waals surface area (Å²) in [5, 5.41) is 2.21. The molecule has 0 radical (unpaired) electrons. The molecule has 1 heterocycles. The summed E-state index contributed by atoms with van der Waals surface area (Å²) >= 11 is 2.11. The van der Waals surface area contributed by atoms with E-state index >= 15 is 0 Å². The lowest BCUT2D eigenvalue weighted by molar-refractivity contribution is -0.122. The third-order valence-electron chi connectivity index (χ3n) is 4.03. The fourth-order valence-corrected chi connectivity index (χ4v) is 3.56. The van der Waals surface area contributed by atoms with E-state index < -0.39 is 17.8 Å². The first-order valence-electron chi connectivity index (χ1n) is 8.82. The summed E-state index contributed by atoms with van der Waals surface area (Å²) < 4.78 is 12.0. The largest absolute Gasteiger partial charge is 0.493 e. The van der Waals surface area contributed by atoms with Crippen molar-refractivity contribution in [3.8, 4) is 11.5 Å². The van der Waals surface area contributed by atoms with Gasteiger partial charge < -0.3 is 9.47 Å². The molecule has 1 saturated heterocycles. The summed E-state index contributed by atoms with van der Waals surface area (Å²) in [5.41, 5.74) is 0.799. The van der Waals surface area contributed by atoms with Crippen molar-refractivity contribution in [2.45, 2.75) is 20.0 Å². The molecule has 0 aliphatic carbocycles. The molecule has 0 spiro atoms. The van der Waals surface area contributed by atoms with Crippen molar-refractivity contribution in [2.24, 2.45) is 0 Å². The fraction of sp³-hybridized carbons (Fsp3) is 0.190. The summed E-state index contributed by atoms with van der Waals surface area (Å²) in [7, 11) is 1.52. The van der Waals surface area contributed by atoms with Gasteiger partial charge in [-0.15, -0.1) is 0 Å². The lowest BCUT2D eigenvalue weighted by atomic mass is 10.1. The van der Waals surface area contributed by atoms with Crippen LogP contribution in [0.1, 0.15) is 19.4 Å². The number of anilines is 1. The van der Waals surface area contributed by atoms with Gasteiger partial charge in [0.05, 0.1) is 22.5 Å². The molecule has 150 valence electrons. The number of para-hydroxylation sites is 1. The van der Waals surface area contributed by atoms with Crippen molar-refractivity contribution in [2.75, 3.05) is 12.0 Å². The summed E-state index contributed by atoms with van der Waals surface area (Å²) in [6.07, 6.45) is 1.39. The van der Waals surface area contributed by atoms with Crippen molar-refractivity contribution in [3.63, 3.8) is 0 Å². The van der Waals surface area contributed by atoms with Crippen LogP contribution in [0.15, 0.2) is 48.0 Å². The van der Waals surface area contributed by atoms with Crippen molar-refractivity contribution in [1.82, 2.24) is 5.32 Å². The highest BCUT2D eigenvalue weighted by Crippen LogP contribution is 2.35. The number of benzene rings is 2. The first-order chi connectivity index (χ1) is 13.8. The zero-order valence-corrected chi connectivity index (χ0v) is 18.2. The summed E-state index contributed by atoms with van der Waals surface area (Å²) in [5.74, 6) is -0.368. The van der Waals surface area contributed by atoms with Gasteiger partial charge in [0.25, 0.3) is 11.8 Å². The molecule has 7 nitrogen and oxygen atoms in total. The summed E-state index contributed by atoms with van der Waals surface area (Å²) in [6, 6.07) is 11.1. The number of nitrogens with zero attached hydrogens (tertiary/aromatic N) is 1. The molecule has 0 aromatic heterocycles. The molecule has 8 heteroatoms. The third-order valence-corrected chi connectivity index (χ3v) is 4.83. The molecule has 1 aliphatic rings. The van der Waals surface area contributed by atoms with Crippen LogP contribution in [0.2, 0.25) is 0 Å². The monoisotopic (exact) mass is 506 g/mol. The van der Waals surface area contributed by atoms with E-state index in [-0.39, 0.29) is 11.7 Å². The van der Waals surface area contributed by atoms with E-state index in [4.69, 9.17) is 9.47 Å². The van der Waals surface area contributed by atoms with Crippen LogP contribution in [0, 0.1) is 3.57 Å². The van der Waals surface area contributed by atoms with Crippen LogP contribution in [0.25, 0.3) is 6.08 Å². The Hall–Kier alpha value is -2.88. The number of nitrogens with one attached hydrogen (secondary N) is 1. The first-order valence-corrected chi connectivity index (χ1v) is 9.90. The number of halogens is 1. The van der Waals surface area contributed by atoms with E-state index in [0.717, 1.165) is 8.47 Å². The Balaban J connectivity index is 2.02. The number of methoxy groups -OCH3 is 1. The van der Waals surface area contributed by atoms with Crippen molar-refractivity contribution in [3.05, 3.63) is 57.2 Å². The maximum absolute atomic E-state index is 12.9. The maximum Gasteiger partial charge on any atom is 0.335 e. The molecule has 0 saturated carbocycles. The molecule has 1 fully saturated rings. The standard InChI is InChI=1S/C21H19IN2O5/c1-12(2)29-18-16(22)10-13(11-17(18)28-3)9-15-19(25)23-21(27)24(20(15)26)14-7-5-4-6-8-14/h4-12H,1-3H3,(H,23,25,27)/b15-9-. The first kappa shape index (κ1) is 20.8. The average molecular weight is 506 g/mol. The maximum atomic E-state index is 12.9. The van der Waals surface area contributed by atoms with Gasteiger partial charge in [0.15, 0.2) is 11.5 Å². The summed E-state index contributed by atoms with van der Waals surface area (Å²) in [4.78, 5) is 38.4. The van der Waals surface area contributed by atoms with E-state index in [1.165, 1.54) is 13.2 Å². The Bertz CT molecular complexity index is 1000. The van der Waals surface area contributed by atoms with Crippen LogP contribution in [-0.4, -0.2) is 31.1 Å². The minimum atomic E-state index is -0.781. The number of barbiturate groups is 1. The fourth-order valence-electron chi connectivity index (χ4n) is 2.81. The van der Waals surface area contributed by atoms with Crippen LogP contribution < -0.4 is 19.7 Å². The molecular weight excluding hydrogens is 487 g/mol. The second-order valence-corrected chi connectivity index (χ2v) is 7.66. The number of carbonyl (C=O) groups excluding carboxylic acids is 3. The highest BCUT2D eigenvalue weighted by atomic mass is 127. The Morgan fingerprint density at radius 1 is 1.10 bits per heavy atom. The molecule has 0 bridgehead atoms. The molecule has 1 aliphatic heterocycles. The van der Waals surface area contributed by atoms with Gasteiger partial charge in [-0.1, -0.05) is 18.2 Å². The lowest BCUT2D eigenvalue weighted by Crippen LogP contribution is -2.54. The summed E-state index contributed by atoms with van der Waals surface area (Å²) in [6.45, 7) is 3.82. The number of hydrogen-bond donors (Lipinski definition) is 1. The minimum Gasteiger partial charge on any atom is -0.493 e. The number of ether oxygens (including phenoxy) is 2. The average Bonchev–Trinajstić information content (AvgIpc) is 2.67. The molecule has 0 unspecified atom stereocenters. The third kappa shape index (κ3) is 4.42. The number of amides is 4. The Morgan fingerprint density at radius 3 is 2.41 bits per heavy atom. The van der Waals surface area contributed by atoms with Crippen molar-refractivity contribution >= 4 is 52.2 Å². The van der Waals surface area contributed by atoms with Gasteiger partial charge in [-0.05, 0) is 72.3 Å². The second-order valence-electron chi connectivity index (χ2n) is 6.49. The number of hydrogen-bond acceptors (Lipinski definition) is 5. The van der Waals surface area contributed by atoms with Crippen molar-refractivity contribution < 1.29 is 23.9 Å². The smallest absolute Gasteiger partial charge is 0.335 e. The Kier molecular flexibility index (Phi) is 6.21. The van der Waals surface area contributed by atoms with Gasteiger partial charge in [-0.25, -0.2) is 9.69 Å². The van der Waals surface area contributed by atoms with E-state index in [0.29, 0.717) is 22.7 Å². The van der Waals surface area contributed by atoms with Gasteiger partial charge in [-0.2, -0.15) is 0 Å². The molecule has 2 aromatic carbocycles. The highest BCUT2D eigenvalue weighted by molar-refractivity contribution is 14.1. The van der Waals surface area contributed by atoms with Gasteiger partial charge in [0.2, 0.25) is 0 Å². The molecule has 3 rings (SSSR count). The molecular formula is C21H19IN2O5. The van der Waals surface area contributed by atoms with Crippen LogP contribution in [0.4, 0.5) is 10.5 Å². The molecule has 29 heavy (non-hydrogen) atoms. The van der Waals surface area contributed by atoms with Gasteiger partial charge in [-0.3, -0.25) is 14.9 Å². The number of urea groups is 1. The quantitative estimate of drug-likeness (QED) is 0.380. The predicted molar refractivity (Wildman–Crippen MR) is 117 cm³/mol. The Labute approximate surface area is 181 Å². The number of carbonyl (C=O) groups is 3. The SMILES string of the molecule is COc1cc(/C=C2/C(=O)NC(=O)N(c3ccccc3)C2=O)cc(I)c1OC(C)C. The van der Waals surface area contributed by atoms with Crippen molar-refractivity contribution in [1.29, 1.82) is 0 Å². The predicted octanol–water partition coefficient (Wildman–Crippen LogP) is 3.75. The van der Waals surface area contributed by atoms with Gasteiger partial charge in [0.1, 0.15) is 5.57 Å². The molecule has 2 aromatic rings. The van der Waals surface area contributed by atoms with E-state index in [2.05, 4.69) is 27.9 Å². The molecule has 0 atom stereocenters. The molecule has 4 amide bonds. The topological polar surface area (TPSA) is 84.9 Å². The highest BCUT2D eigenvalue weighted by Gasteiger charge is 2.36. The van der Waals surface area contributed by atoms with E-state index in [1.54, 1.807) is 42.5 Å². The minimum absolute atomic E-state index is 0.0437. The second kappa shape index (κ2) is 8.64. The number of imide groups is 2. The zero-order chi connectivity index (χ0) is 21.1. The van der Waals surface area contributed by atoms with Crippen LogP contribution in [0.3, 0.4) is 0 Å².